The lowest BCUT2D eigenvalue weighted by molar-refractivity contribution is -0.00494. The van der Waals surface area contributed by atoms with Gasteiger partial charge in [0, 0.05) is 11.5 Å². The number of hydrogen-bond acceptors (Lipinski definition) is 0. The van der Waals surface area contributed by atoms with Crippen molar-refractivity contribution in [3.63, 3.8) is 0 Å². The van der Waals surface area contributed by atoms with Crippen LogP contribution in [0, 0.1) is 0 Å². The Kier molecular flexibility index (Phi) is 4.43. The molecular weight excluding hydrogens is 399 g/mol. The Morgan fingerprint density at radius 1 is 0.724 bits per heavy atom. The summed E-state index contributed by atoms with van der Waals surface area (Å²) in [5, 5.41) is 15.7. The first-order valence-corrected chi connectivity index (χ1v) is 10.6. The van der Waals surface area contributed by atoms with E-state index >= 15 is 0 Å². The van der Waals surface area contributed by atoms with Crippen LogP contribution in [0.1, 0.15) is 35.1 Å². The summed E-state index contributed by atoms with van der Waals surface area (Å²) >= 11 is 12.5. The van der Waals surface area contributed by atoms with Crippen LogP contribution in [-0.2, 0) is 10.7 Å². The van der Waals surface area contributed by atoms with Crippen LogP contribution in [-0.4, -0.2) is 4.84 Å². The van der Waals surface area contributed by atoms with Crippen molar-refractivity contribution in [2.24, 2.45) is 0 Å². The lowest BCUT2D eigenvalue weighted by Gasteiger charge is -2.29. The van der Waals surface area contributed by atoms with Gasteiger partial charge in [0.05, 0.1) is 0 Å². The summed E-state index contributed by atoms with van der Waals surface area (Å²) in [5.74, 6) is -0.0256. The summed E-state index contributed by atoms with van der Waals surface area (Å²) in [6, 6.07) is 29.0. The zero-order chi connectivity index (χ0) is 20.2. The monoisotopic (exact) mass is 417 g/mol. The van der Waals surface area contributed by atoms with Crippen molar-refractivity contribution < 1.29 is 5.11 Å². The van der Waals surface area contributed by atoms with Crippen LogP contribution in [0.4, 0.5) is 0 Å². The zero-order valence-corrected chi connectivity index (χ0v) is 17.4. The van der Waals surface area contributed by atoms with Crippen molar-refractivity contribution in [3.05, 3.63) is 107 Å². The van der Waals surface area contributed by atoms with Gasteiger partial charge < -0.3 is 0 Å². The van der Waals surface area contributed by atoms with Gasteiger partial charge in [0.15, 0.2) is 5.60 Å². The number of alkyl halides is 2. The number of benzene rings is 4. The van der Waals surface area contributed by atoms with E-state index in [1.807, 2.05) is 24.3 Å². The third-order valence-corrected chi connectivity index (χ3v) is 6.85. The molecule has 3 heteroatoms. The fraction of sp³-hybridized carbons (Fsp3) is 0.154. The van der Waals surface area contributed by atoms with Gasteiger partial charge in [0.2, 0.25) is 0 Å². The predicted molar refractivity (Wildman–Crippen MR) is 120 cm³/mol. The first-order chi connectivity index (χ1) is 14.0. The number of hydrogen-bond donors (Lipinski definition) is 0. The first kappa shape index (κ1) is 18.7. The van der Waals surface area contributed by atoms with Crippen molar-refractivity contribution in [2.75, 3.05) is 0 Å². The van der Waals surface area contributed by atoms with E-state index in [0.29, 0.717) is 5.56 Å². The topological polar surface area (TPSA) is 19.9 Å². The second kappa shape index (κ2) is 6.88. The van der Waals surface area contributed by atoms with E-state index in [-0.39, 0.29) is 5.92 Å². The third-order valence-electron chi connectivity index (χ3n) is 6.02. The standard InChI is InChI=1S/C26H19Cl2O/c1-26(29,25(27)28)24-17-9-3-2-8-16(17)14-15-22(24)23-20-12-6-4-10-18(20)19-11-5-7-13-21(19)23/h2-15,23,25H,1H3. The predicted octanol–water partition coefficient (Wildman–Crippen LogP) is 7.45. The largest absolute Gasteiger partial charge is 0.222 e. The van der Waals surface area contributed by atoms with Crippen molar-refractivity contribution in [1.82, 2.24) is 0 Å². The summed E-state index contributed by atoms with van der Waals surface area (Å²) < 4.78 is 0. The molecule has 0 fully saturated rings. The molecule has 0 saturated heterocycles. The van der Waals surface area contributed by atoms with Gasteiger partial charge in [-0.3, -0.25) is 0 Å². The molecule has 1 aliphatic carbocycles. The van der Waals surface area contributed by atoms with Gasteiger partial charge in [-0.2, -0.15) is 0 Å². The maximum Gasteiger partial charge on any atom is 0.156 e. The summed E-state index contributed by atoms with van der Waals surface area (Å²) in [5.41, 5.74) is 4.86. The summed E-state index contributed by atoms with van der Waals surface area (Å²) in [7, 11) is 0. The van der Waals surface area contributed by atoms with Gasteiger partial charge in [-0.25, -0.2) is 5.11 Å². The molecule has 0 aliphatic heterocycles. The van der Waals surface area contributed by atoms with E-state index in [2.05, 4.69) is 60.7 Å². The van der Waals surface area contributed by atoms with Crippen LogP contribution in [0.2, 0.25) is 0 Å². The Bertz CT molecular complexity index is 1180. The van der Waals surface area contributed by atoms with Gasteiger partial charge in [0.1, 0.15) is 4.84 Å². The van der Waals surface area contributed by atoms with Crippen molar-refractivity contribution in [2.45, 2.75) is 23.3 Å². The van der Waals surface area contributed by atoms with Gasteiger partial charge in [-0.1, -0.05) is 84.9 Å². The molecule has 143 valence electrons. The van der Waals surface area contributed by atoms with Crippen LogP contribution >= 0.6 is 23.2 Å². The highest BCUT2D eigenvalue weighted by Gasteiger charge is 2.40. The molecule has 5 rings (SSSR count). The Morgan fingerprint density at radius 2 is 1.28 bits per heavy atom. The maximum absolute atomic E-state index is 13.8. The Labute approximate surface area is 180 Å². The molecule has 0 aromatic heterocycles. The van der Waals surface area contributed by atoms with Crippen LogP contribution in [0.25, 0.3) is 21.9 Å². The molecule has 1 unspecified atom stereocenters. The molecule has 1 nitrogen and oxygen atoms in total. The molecule has 29 heavy (non-hydrogen) atoms. The Hall–Kier alpha value is -2.32. The van der Waals surface area contributed by atoms with Gasteiger partial charge in [-0.15, -0.1) is 23.2 Å². The minimum Gasteiger partial charge on any atom is -0.222 e. The summed E-state index contributed by atoms with van der Waals surface area (Å²) in [6.07, 6.45) is 0. The SMILES string of the molecule is CC([O])(c1c(C2c3ccccc3-c3ccccc32)ccc2ccccc12)C(Cl)Cl. The zero-order valence-electron chi connectivity index (χ0n) is 15.9. The smallest absolute Gasteiger partial charge is 0.156 e. The van der Waals surface area contributed by atoms with E-state index in [1.165, 1.54) is 22.3 Å². The van der Waals surface area contributed by atoms with Crippen LogP contribution in [0.3, 0.4) is 0 Å². The highest BCUT2D eigenvalue weighted by molar-refractivity contribution is 6.45. The molecule has 4 aromatic rings. The average Bonchev–Trinajstić information content (AvgIpc) is 3.07. The number of fused-ring (bicyclic) bond motifs is 4. The van der Waals surface area contributed by atoms with E-state index in [9.17, 15) is 5.11 Å². The lowest BCUT2D eigenvalue weighted by Crippen LogP contribution is -2.30. The summed E-state index contributed by atoms with van der Waals surface area (Å²) in [4.78, 5) is -1.07. The van der Waals surface area contributed by atoms with Crippen molar-refractivity contribution in [3.8, 4) is 11.1 Å². The van der Waals surface area contributed by atoms with Crippen LogP contribution in [0.5, 0.6) is 0 Å². The maximum atomic E-state index is 13.8. The second-order valence-corrected chi connectivity index (χ2v) is 8.86. The highest BCUT2D eigenvalue weighted by Crippen LogP contribution is 2.51. The Morgan fingerprint density at radius 3 is 1.90 bits per heavy atom. The minimum atomic E-state index is -1.65. The average molecular weight is 418 g/mol. The second-order valence-electron chi connectivity index (χ2n) is 7.77. The Balaban J connectivity index is 1.87. The molecule has 0 spiro atoms. The lowest BCUT2D eigenvalue weighted by atomic mass is 9.79. The van der Waals surface area contributed by atoms with Gasteiger partial charge in [-0.05, 0) is 45.5 Å². The van der Waals surface area contributed by atoms with Crippen molar-refractivity contribution in [1.29, 1.82) is 0 Å². The third kappa shape index (κ3) is 2.80. The number of halogens is 2. The molecule has 0 heterocycles. The van der Waals surface area contributed by atoms with Gasteiger partial charge in [0.25, 0.3) is 0 Å². The molecule has 1 aliphatic rings. The first-order valence-electron chi connectivity index (χ1n) is 9.69. The molecule has 0 bridgehead atoms. The van der Waals surface area contributed by atoms with E-state index in [4.69, 9.17) is 23.2 Å². The molecule has 0 N–H and O–H groups in total. The van der Waals surface area contributed by atoms with Gasteiger partial charge >= 0.3 is 0 Å². The van der Waals surface area contributed by atoms with E-state index < -0.39 is 10.4 Å². The fourth-order valence-electron chi connectivity index (χ4n) is 4.68. The quantitative estimate of drug-likeness (QED) is 0.271. The highest BCUT2D eigenvalue weighted by atomic mass is 35.5. The fourth-order valence-corrected chi connectivity index (χ4v) is 4.90. The van der Waals surface area contributed by atoms with Crippen molar-refractivity contribution >= 4 is 34.0 Å². The molecule has 0 saturated carbocycles. The summed E-state index contributed by atoms with van der Waals surface area (Å²) in [6.45, 7) is 1.59. The molecular formula is C26H19Cl2O. The normalized spacial score (nSPS) is 15.3. The molecule has 4 aromatic carbocycles. The minimum absolute atomic E-state index is 0.0256. The van der Waals surface area contributed by atoms with E-state index in [1.54, 1.807) is 6.92 Å². The number of rotatable bonds is 3. The molecule has 1 radical (unpaired) electrons. The van der Waals surface area contributed by atoms with Crippen LogP contribution in [0.15, 0.2) is 84.9 Å². The molecule has 1 atom stereocenters. The van der Waals surface area contributed by atoms with E-state index in [0.717, 1.165) is 16.3 Å². The van der Waals surface area contributed by atoms with Crippen LogP contribution < -0.4 is 0 Å². The molecule has 0 amide bonds.